The second kappa shape index (κ2) is 12.0. The zero-order valence-electron chi connectivity index (χ0n) is 31.6. The molecule has 0 heterocycles. The Morgan fingerprint density at radius 2 is 0.621 bits per heavy atom. The van der Waals surface area contributed by atoms with Crippen LogP contribution in [0.15, 0.2) is 206 Å². The van der Waals surface area contributed by atoms with Crippen LogP contribution in [0.2, 0.25) is 0 Å². The van der Waals surface area contributed by atoms with E-state index < -0.39 is 0 Å². The van der Waals surface area contributed by atoms with Gasteiger partial charge in [0.25, 0.3) is 0 Å². The second-order valence-corrected chi connectivity index (χ2v) is 16.0. The molecular formula is C58H34. The van der Waals surface area contributed by atoms with Gasteiger partial charge in [0.2, 0.25) is 0 Å². The third-order valence-corrected chi connectivity index (χ3v) is 12.9. The van der Waals surface area contributed by atoms with E-state index >= 15 is 0 Å². The molecule has 0 nitrogen and oxygen atoms in total. The highest BCUT2D eigenvalue weighted by Crippen LogP contribution is 2.52. The van der Waals surface area contributed by atoms with Crippen molar-refractivity contribution in [1.82, 2.24) is 0 Å². The highest BCUT2D eigenvalue weighted by atomic mass is 14.3. The molecule has 0 amide bonds. The summed E-state index contributed by atoms with van der Waals surface area (Å²) in [7, 11) is 0. The van der Waals surface area contributed by atoms with E-state index in [0.717, 1.165) is 0 Å². The zero-order valence-corrected chi connectivity index (χ0v) is 31.6. The molecule has 13 rings (SSSR count). The predicted molar refractivity (Wildman–Crippen MR) is 247 cm³/mol. The average molecular weight is 731 g/mol. The topological polar surface area (TPSA) is 0 Å². The Hall–Kier alpha value is -7.54. The van der Waals surface area contributed by atoms with Crippen molar-refractivity contribution >= 4 is 43.1 Å². The van der Waals surface area contributed by atoms with Gasteiger partial charge in [-0.25, -0.2) is 0 Å². The molecule has 0 aromatic heterocycles. The minimum atomic E-state index is 1.23. The third kappa shape index (κ3) is 4.52. The molecule has 0 aliphatic heterocycles. The number of benzene rings is 11. The summed E-state index contributed by atoms with van der Waals surface area (Å²) < 4.78 is 0. The molecule has 0 fully saturated rings. The normalized spacial score (nSPS) is 12.1. The van der Waals surface area contributed by atoms with Gasteiger partial charge in [-0.2, -0.15) is 0 Å². The summed E-state index contributed by atoms with van der Waals surface area (Å²) in [5.74, 6) is 0. The minimum Gasteiger partial charge on any atom is -0.0622 e. The SMILES string of the molecule is c1ccc(-c2ccc3c4c(cccc24)-c2ccc(-c4ccc5cc(-c6cc(-c7ccc8c9c(cccc79)-c7ccccc7-8)cc7ccccc67)ccc5c4)cc2-3)cc1. The van der Waals surface area contributed by atoms with Crippen molar-refractivity contribution in [3.05, 3.63) is 206 Å². The van der Waals surface area contributed by atoms with E-state index in [9.17, 15) is 0 Å². The molecule has 0 atom stereocenters. The molecule has 0 saturated carbocycles. The maximum atomic E-state index is 2.41. The zero-order chi connectivity index (χ0) is 37.9. The van der Waals surface area contributed by atoms with Crippen molar-refractivity contribution in [3.8, 4) is 89.0 Å². The van der Waals surface area contributed by atoms with Gasteiger partial charge >= 0.3 is 0 Å². The van der Waals surface area contributed by atoms with Crippen molar-refractivity contribution in [2.24, 2.45) is 0 Å². The highest BCUT2D eigenvalue weighted by molar-refractivity contribution is 6.20. The summed E-state index contributed by atoms with van der Waals surface area (Å²) in [5.41, 5.74) is 20.6. The van der Waals surface area contributed by atoms with Gasteiger partial charge in [-0.1, -0.05) is 176 Å². The summed E-state index contributed by atoms with van der Waals surface area (Å²) in [6.07, 6.45) is 0. The Bertz CT molecular complexity index is 3520. The molecule has 2 aliphatic rings. The van der Waals surface area contributed by atoms with Gasteiger partial charge in [-0.05, 0) is 162 Å². The average Bonchev–Trinajstić information content (AvgIpc) is 3.80. The van der Waals surface area contributed by atoms with Crippen molar-refractivity contribution in [3.63, 3.8) is 0 Å². The van der Waals surface area contributed by atoms with Crippen molar-refractivity contribution < 1.29 is 0 Å². The van der Waals surface area contributed by atoms with Crippen LogP contribution in [0.25, 0.3) is 132 Å². The van der Waals surface area contributed by atoms with Crippen LogP contribution >= 0.6 is 0 Å². The molecule has 11 aromatic carbocycles. The number of fused-ring (bicyclic) bond motifs is 8. The number of hydrogen-bond acceptors (Lipinski definition) is 0. The van der Waals surface area contributed by atoms with E-state index in [1.807, 2.05) is 0 Å². The van der Waals surface area contributed by atoms with Gasteiger partial charge in [0.15, 0.2) is 0 Å². The monoisotopic (exact) mass is 730 g/mol. The van der Waals surface area contributed by atoms with E-state index in [1.165, 1.54) is 132 Å². The fourth-order valence-electron chi connectivity index (χ4n) is 10.3. The van der Waals surface area contributed by atoms with Crippen LogP contribution in [0.4, 0.5) is 0 Å². The van der Waals surface area contributed by atoms with Crippen molar-refractivity contribution in [2.45, 2.75) is 0 Å². The maximum Gasteiger partial charge on any atom is -0.00201 e. The number of rotatable bonds is 4. The number of hydrogen-bond donors (Lipinski definition) is 0. The second-order valence-electron chi connectivity index (χ2n) is 16.0. The lowest BCUT2D eigenvalue weighted by Crippen LogP contribution is -1.88. The first-order valence-electron chi connectivity index (χ1n) is 20.2. The summed E-state index contributed by atoms with van der Waals surface area (Å²) in [6, 6.07) is 77.0. The smallest absolute Gasteiger partial charge is 0.00201 e. The molecule has 58 heavy (non-hydrogen) atoms. The molecule has 11 aromatic rings. The van der Waals surface area contributed by atoms with Gasteiger partial charge in [-0.3, -0.25) is 0 Å². The first-order chi connectivity index (χ1) is 28.7. The summed E-state index contributed by atoms with van der Waals surface area (Å²) >= 11 is 0. The summed E-state index contributed by atoms with van der Waals surface area (Å²) in [4.78, 5) is 0. The highest BCUT2D eigenvalue weighted by Gasteiger charge is 2.25. The molecule has 0 unspecified atom stereocenters. The molecular weight excluding hydrogens is 697 g/mol. The van der Waals surface area contributed by atoms with E-state index in [2.05, 4.69) is 206 Å². The van der Waals surface area contributed by atoms with Gasteiger partial charge < -0.3 is 0 Å². The maximum absolute atomic E-state index is 2.41. The first-order valence-corrected chi connectivity index (χ1v) is 20.2. The van der Waals surface area contributed by atoms with E-state index in [0.29, 0.717) is 0 Å². The molecule has 2 aliphatic carbocycles. The van der Waals surface area contributed by atoms with Crippen molar-refractivity contribution in [1.29, 1.82) is 0 Å². The lowest BCUT2D eigenvalue weighted by molar-refractivity contribution is 1.63. The molecule has 266 valence electrons. The molecule has 0 bridgehead atoms. The summed E-state index contributed by atoms with van der Waals surface area (Å²) in [5, 5.41) is 10.3. The Morgan fingerprint density at radius 1 is 0.172 bits per heavy atom. The van der Waals surface area contributed by atoms with Gasteiger partial charge in [0, 0.05) is 0 Å². The fourth-order valence-corrected chi connectivity index (χ4v) is 10.3. The van der Waals surface area contributed by atoms with E-state index in [-0.39, 0.29) is 0 Å². The molecule has 0 radical (unpaired) electrons. The molecule has 0 spiro atoms. The third-order valence-electron chi connectivity index (χ3n) is 12.9. The van der Waals surface area contributed by atoms with Crippen LogP contribution in [0.1, 0.15) is 0 Å². The molecule has 0 heteroatoms. The fraction of sp³-hybridized carbons (Fsp3) is 0. The standard InChI is InChI=1S/C58H34/c1-2-10-35(11-3-1)44-26-29-54-56-33-39(24-25-48(56)52-19-8-16-49(44)58(52)54)37-20-21-38-31-41(23-22-36(38)30-37)55-34-42(32-40-12-4-5-13-43(40)55)45-27-28-53-47-15-7-6-14-46(47)51-18-9-17-50(45)57(51)53/h1-34H. The van der Waals surface area contributed by atoms with Crippen LogP contribution in [0.3, 0.4) is 0 Å². The van der Waals surface area contributed by atoms with Crippen LogP contribution in [0, 0.1) is 0 Å². The first kappa shape index (κ1) is 31.6. The van der Waals surface area contributed by atoms with Gasteiger partial charge in [-0.15, -0.1) is 0 Å². The van der Waals surface area contributed by atoms with Gasteiger partial charge in [0.05, 0.1) is 0 Å². The Kier molecular flexibility index (Phi) is 6.54. The van der Waals surface area contributed by atoms with Crippen LogP contribution in [-0.2, 0) is 0 Å². The lowest BCUT2D eigenvalue weighted by atomic mass is 9.89. The predicted octanol–water partition coefficient (Wildman–Crippen LogP) is 16.3. The van der Waals surface area contributed by atoms with E-state index in [4.69, 9.17) is 0 Å². The van der Waals surface area contributed by atoms with Gasteiger partial charge in [0.1, 0.15) is 0 Å². The van der Waals surface area contributed by atoms with Crippen LogP contribution in [0.5, 0.6) is 0 Å². The minimum absolute atomic E-state index is 1.23. The van der Waals surface area contributed by atoms with Crippen LogP contribution < -0.4 is 0 Å². The Labute approximate surface area is 336 Å². The summed E-state index contributed by atoms with van der Waals surface area (Å²) in [6.45, 7) is 0. The Morgan fingerprint density at radius 3 is 1.36 bits per heavy atom. The Balaban J connectivity index is 0.895. The quantitative estimate of drug-likeness (QED) is 0.169. The largest absolute Gasteiger partial charge is 0.0622 e. The molecule has 0 N–H and O–H groups in total. The van der Waals surface area contributed by atoms with Crippen molar-refractivity contribution in [2.75, 3.05) is 0 Å². The van der Waals surface area contributed by atoms with E-state index in [1.54, 1.807) is 0 Å². The van der Waals surface area contributed by atoms with Crippen LogP contribution in [-0.4, -0.2) is 0 Å². The molecule has 0 saturated heterocycles. The lowest BCUT2D eigenvalue weighted by Gasteiger charge is -2.15.